The Morgan fingerprint density at radius 3 is 2.44 bits per heavy atom. The van der Waals surface area contributed by atoms with Gasteiger partial charge in [-0.3, -0.25) is 9.59 Å². The number of ether oxygens (including phenoxy) is 3. The van der Waals surface area contributed by atoms with Crippen LogP contribution in [0.5, 0.6) is 5.75 Å². The van der Waals surface area contributed by atoms with Crippen LogP contribution in [0.1, 0.15) is 69.7 Å². The third-order valence-electron chi connectivity index (χ3n) is 7.01. The van der Waals surface area contributed by atoms with Crippen molar-refractivity contribution in [2.45, 2.75) is 78.4 Å². The Balaban J connectivity index is 1.62. The second kappa shape index (κ2) is 14.1. The fraction of sp³-hybridized carbons (Fsp3) is 0.531. The smallest absolute Gasteiger partial charge is 0.308 e. The number of carbonyl (C=O) groups is 2. The van der Waals surface area contributed by atoms with E-state index < -0.39 is 6.10 Å². The zero-order valence-corrected chi connectivity index (χ0v) is 23.9. The summed E-state index contributed by atoms with van der Waals surface area (Å²) in [6, 6.07) is 16.1. The third-order valence-corrected chi connectivity index (χ3v) is 7.01. The molecular formula is C32H42N2O5. The van der Waals surface area contributed by atoms with E-state index in [4.69, 9.17) is 14.2 Å². The first-order chi connectivity index (χ1) is 18.6. The lowest BCUT2D eigenvalue weighted by atomic mass is 9.88. The molecule has 0 amide bonds. The lowest BCUT2D eigenvalue weighted by Crippen LogP contribution is -2.47. The van der Waals surface area contributed by atoms with Crippen LogP contribution >= 0.6 is 0 Å². The highest BCUT2D eigenvalue weighted by molar-refractivity contribution is 5.71. The van der Waals surface area contributed by atoms with Gasteiger partial charge in [0.1, 0.15) is 24.5 Å². The van der Waals surface area contributed by atoms with Gasteiger partial charge in [0.05, 0.1) is 18.1 Å². The van der Waals surface area contributed by atoms with Gasteiger partial charge in [-0.1, -0.05) is 44.2 Å². The Hall–Kier alpha value is -3.37. The van der Waals surface area contributed by atoms with Crippen LogP contribution in [0.3, 0.4) is 0 Å². The molecule has 0 heterocycles. The van der Waals surface area contributed by atoms with Crippen LogP contribution in [0.4, 0.5) is 0 Å². The van der Waals surface area contributed by atoms with E-state index in [0.717, 1.165) is 24.8 Å². The summed E-state index contributed by atoms with van der Waals surface area (Å²) >= 11 is 0. The van der Waals surface area contributed by atoms with Crippen LogP contribution in [-0.4, -0.2) is 43.3 Å². The molecule has 0 radical (unpaired) electrons. The fourth-order valence-corrected chi connectivity index (χ4v) is 5.01. The van der Waals surface area contributed by atoms with E-state index in [0.29, 0.717) is 36.8 Å². The van der Waals surface area contributed by atoms with Crippen LogP contribution in [0, 0.1) is 23.2 Å². The van der Waals surface area contributed by atoms with E-state index in [1.165, 1.54) is 11.1 Å². The van der Waals surface area contributed by atoms with Crippen molar-refractivity contribution >= 4 is 11.9 Å². The largest absolute Gasteiger partial charge is 0.488 e. The minimum atomic E-state index is -0.533. The topological polar surface area (TPSA) is 97.7 Å². The molecule has 0 aliphatic heterocycles. The highest BCUT2D eigenvalue weighted by Gasteiger charge is 2.29. The van der Waals surface area contributed by atoms with Gasteiger partial charge < -0.3 is 19.5 Å². The number of nitriles is 1. The van der Waals surface area contributed by atoms with Crippen LogP contribution < -0.4 is 10.1 Å². The summed E-state index contributed by atoms with van der Waals surface area (Å²) in [7, 11) is 0. The molecule has 0 aromatic heterocycles. The van der Waals surface area contributed by atoms with E-state index in [2.05, 4.69) is 49.5 Å². The van der Waals surface area contributed by atoms with Crippen LogP contribution in [0.25, 0.3) is 0 Å². The van der Waals surface area contributed by atoms with Gasteiger partial charge in [-0.25, -0.2) is 0 Å². The molecule has 1 N–H and O–H groups in total. The molecule has 3 rings (SSSR count). The van der Waals surface area contributed by atoms with Crippen LogP contribution in [0.2, 0.25) is 0 Å². The summed E-state index contributed by atoms with van der Waals surface area (Å²) in [6.07, 6.45) is 3.36. The highest BCUT2D eigenvalue weighted by atomic mass is 16.6. The highest BCUT2D eigenvalue weighted by Crippen LogP contribution is 2.32. The SMILES string of the molecule is CCOC(=O)CCc1ccc(C#N)c(OC[C@@H](CNC(C)(C)CC2Cc3ccccc3C2)OC(=O)C(C)C)c1. The minimum absolute atomic E-state index is 0.104. The molecule has 2 aromatic carbocycles. The molecule has 0 saturated carbocycles. The Bertz CT molecular complexity index is 1140. The summed E-state index contributed by atoms with van der Waals surface area (Å²) < 4.78 is 16.8. The Labute approximate surface area is 232 Å². The number of rotatable bonds is 14. The third kappa shape index (κ3) is 9.40. The molecular weight excluding hydrogens is 492 g/mol. The summed E-state index contributed by atoms with van der Waals surface area (Å²) in [6.45, 7) is 10.6. The quantitative estimate of drug-likeness (QED) is 0.334. The number of nitrogens with one attached hydrogen (secondary N) is 1. The first-order valence-electron chi connectivity index (χ1n) is 13.9. The molecule has 0 unspecified atom stereocenters. The molecule has 0 bridgehead atoms. The van der Waals surface area contributed by atoms with Crippen molar-refractivity contribution in [3.8, 4) is 11.8 Å². The van der Waals surface area contributed by atoms with Crippen molar-refractivity contribution < 1.29 is 23.8 Å². The average molecular weight is 535 g/mol. The predicted octanol–water partition coefficient (Wildman–Crippen LogP) is 5.17. The van der Waals surface area contributed by atoms with E-state index in [-0.39, 0.29) is 36.4 Å². The molecule has 210 valence electrons. The molecule has 39 heavy (non-hydrogen) atoms. The summed E-state index contributed by atoms with van der Waals surface area (Å²) in [5.74, 6) is 0.150. The van der Waals surface area contributed by atoms with Gasteiger partial charge in [0.25, 0.3) is 0 Å². The first kappa shape index (κ1) is 30.2. The number of carbonyl (C=O) groups excluding carboxylic acids is 2. The van der Waals surface area contributed by atoms with Crippen LogP contribution in [-0.2, 0) is 38.3 Å². The number of nitrogens with zero attached hydrogens (tertiary/aromatic N) is 1. The average Bonchev–Trinajstić information content (AvgIpc) is 3.30. The molecule has 0 saturated heterocycles. The summed E-state index contributed by atoms with van der Waals surface area (Å²) in [4.78, 5) is 24.2. The van der Waals surface area contributed by atoms with Crippen molar-refractivity contribution in [1.29, 1.82) is 5.26 Å². The lowest BCUT2D eigenvalue weighted by molar-refractivity contribution is -0.154. The molecule has 7 heteroatoms. The van der Waals surface area contributed by atoms with Gasteiger partial charge in [-0.2, -0.15) is 5.26 Å². The molecule has 1 aliphatic rings. The number of aryl methyl sites for hydroxylation is 1. The zero-order valence-electron chi connectivity index (χ0n) is 23.9. The lowest BCUT2D eigenvalue weighted by Gasteiger charge is -2.31. The Kier molecular flexibility index (Phi) is 10.9. The van der Waals surface area contributed by atoms with Gasteiger partial charge in [-0.15, -0.1) is 0 Å². The molecule has 2 aromatic rings. The van der Waals surface area contributed by atoms with Crippen molar-refractivity contribution in [2.75, 3.05) is 19.8 Å². The van der Waals surface area contributed by atoms with Crippen LogP contribution in [0.15, 0.2) is 42.5 Å². The molecule has 0 spiro atoms. The maximum atomic E-state index is 12.5. The van der Waals surface area contributed by atoms with Gasteiger partial charge in [-0.05, 0) is 81.2 Å². The van der Waals surface area contributed by atoms with Gasteiger partial charge >= 0.3 is 11.9 Å². The predicted molar refractivity (Wildman–Crippen MR) is 150 cm³/mol. The van der Waals surface area contributed by atoms with Gasteiger partial charge in [0, 0.05) is 18.5 Å². The molecule has 7 nitrogen and oxygen atoms in total. The van der Waals surface area contributed by atoms with Crippen molar-refractivity contribution in [1.82, 2.24) is 5.32 Å². The number of fused-ring (bicyclic) bond motifs is 1. The van der Waals surface area contributed by atoms with E-state index in [9.17, 15) is 14.9 Å². The maximum absolute atomic E-state index is 12.5. The standard InChI is InChI=1S/C32H42N2O5/c1-6-37-30(35)14-12-23-11-13-27(19-33)29(17-23)38-21-28(39-31(36)22(2)3)20-34-32(4,5)18-24-15-25-9-7-8-10-26(25)16-24/h7-11,13,17,22,24,28,34H,6,12,14-16,18,20-21H2,1-5H3/t28-/m1/s1. The minimum Gasteiger partial charge on any atom is -0.488 e. The maximum Gasteiger partial charge on any atom is 0.308 e. The number of esters is 2. The second-order valence-electron chi connectivity index (χ2n) is 11.3. The normalized spacial score (nSPS) is 14.0. The second-order valence-corrected chi connectivity index (χ2v) is 11.3. The number of hydrogen-bond donors (Lipinski definition) is 1. The van der Waals surface area contributed by atoms with E-state index in [1.54, 1.807) is 32.9 Å². The molecule has 1 atom stereocenters. The number of benzene rings is 2. The fourth-order valence-electron chi connectivity index (χ4n) is 5.01. The van der Waals surface area contributed by atoms with Crippen molar-refractivity contribution in [3.05, 3.63) is 64.7 Å². The van der Waals surface area contributed by atoms with E-state index >= 15 is 0 Å². The zero-order chi connectivity index (χ0) is 28.4. The van der Waals surface area contributed by atoms with Crippen molar-refractivity contribution in [3.63, 3.8) is 0 Å². The molecule has 1 aliphatic carbocycles. The van der Waals surface area contributed by atoms with Crippen molar-refractivity contribution in [2.24, 2.45) is 11.8 Å². The monoisotopic (exact) mass is 534 g/mol. The Morgan fingerprint density at radius 2 is 1.82 bits per heavy atom. The van der Waals surface area contributed by atoms with E-state index in [1.807, 2.05) is 6.07 Å². The number of hydrogen-bond acceptors (Lipinski definition) is 7. The summed E-state index contributed by atoms with van der Waals surface area (Å²) in [5.41, 5.74) is 3.96. The molecule has 0 fully saturated rings. The van der Waals surface area contributed by atoms with Gasteiger partial charge in [0.15, 0.2) is 0 Å². The Morgan fingerprint density at radius 1 is 1.13 bits per heavy atom. The van der Waals surface area contributed by atoms with Gasteiger partial charge in [0.2, 0.25) is 0 Å². The first-order valence-corrected chi connectivity index (χ1v) is 13.9. The summed E-state index contributed by atoms with van der Waals surface area (Å²) in [5, 5.41) is 13.2.